The average molecular weight is 233 g/mol. The van der Waals surface area contributed by atoms with E-state index >= 15 is 0 Å². The summed E-state index contributed by atoms with van der Waals surface area (Å²) in [5.74, 6) is 0.824. The second-order valence-electron chi connectivity index (χ2n) is 5.99. The maximum Gasteiger partial charge on any atom is 0.0375 e. The van der Waals surface area contributed by atoms with Gasteiger partial charge in [0.15, 0.2) is 0 Å². The molecule has 0 aromatic heterocycles. The van der Waals surface area contributed by atoms with Crippen LogP contribution in [0.15, 0.2) is 0 Å². The van der Waals surface area contributed by atoms with Gasteiger partial charge >= 0.3 is 0 Å². The van der Waals surface area contributed by atoms with Gasteiger partial charge in [0.05, 0.1) is 0 Å². The molecule has 2 nitrogen and oxygen atoms in total. The summed E-state index contributed by atoms with van der Waals surface area (Å²) in [6.45, 7) is 11.2. The van der Waals surface area contributed by atoms with Gasteiger partial charge in [-0.15, -0.1) is 0 Å². The molecule has 0 spiro atoms. The van der Waals surface area contributed by atoms with Crippen LogP contribution in [0, 0.1) is 5.41 Å². The van der Waals surface area contributed by atoms with E-state index in [-0.39, 0.29) is 10.2 Å². The van der Waals surface area contributed by atoms with Crippen LogP contribution in [0.2, 0.25) is 0 Å². The quantitative estimate of drug-likeness (QED) is 0.717. The molecular formula is C12H27NOS. The Morgan fingerprint density at radius 3 is 2.00 bits per heavy atom. The fraction of sp³-hybridized carbons (Fsp3) is 1.00. The summed E-state index contributed by atoms with van der Waals surface area (Å²) in [7, 11) is -0.699. The van der Waals surface area contributed by atoms with E-state index < -0.39 is 10.8 Å². The summed E-state index contributed by atoms with van der Waals surface area (Å²) in [4.78, 5) is 0. The monoisotopic (exact) mass is 233 g/mol. The Balaban J connectivity index is 3.69. The summed E-state index contributed by atoms with van der Waals surface area (Å²) in [6.07, 6.45) is 3.31. The molecule has 3 heteroatoms. The van der Waals surface area contributed by atoms with Crippen LogP contribution in [0.3, 0.4) is 0 Å². The van der Waals surface area contributed by atoms with E-state index in [1.54, 1.807) is 0 Å². The van der Waals surface area contributed by atoms with E-state index in [4.69, 9.17) is 5.73 Å². The first kappa shape index (κ1) is 15.1. The molecule has 0 amide bonds. The molecule has 0 heterocycles. The van der Waals surface area contributed by atoms with Crippen molar-refractivity contribution in [2.75, 3.05) is 12.3 Å². The predicted octanol–water partition coefficient (Wildman–Crippen LogP) is 2.69. The van der Waals surface area contributed by atoms with Crippen LogP contribution in [0.4, 0.5) is 0 Å². The lowest BCUT2D eigenvalue weighted by atomic mass is 9.88. The highest BCUT2D eigenvalue weighted by atomic mass is 32.2. The Bertz CT molecular complexity index is 206. The number of nitrogens with two attached hydrogens (primary N) is 1. The molecule has 1 atom stereocenters. The van der Waals surface area contributed by atoms with Gasteiger partial charge in [-0.2, -0.15) is 0 Å². The van der Waals surface area contributed by atoms with Crippen LogP contribution in [0.25, 0.3) is 0 Å². The van der Waals surface area contributed by atoms with Crippen molar-refractivity contribution in [2.45, 2.75) is 58.6 Å². The third-order valence-corrected chi connectivity index (χ3v) is 4.69. The highest BCUT2D eigenvalue weighted by Gasteiger charge is 2.19. The molecule has 0 saturated heterocycles. The Morgan fingerprint density at radius 2 is 1.60 bits per heavy atom. The van der Waals surface area contributed by atoms with Crippen LogP contribution in [-0.4, -0.2) is 21.3 Å². The van der Waals surface area contributed by atoms with Crippen molar-refractivity contribution in [3.63, 3.8) is 0 Å². The molecule has 2 N–H and O–H groups in total. The summed E-state index contributed by atoms with van der Waals surface area (Å²) in [6, 6.07) is 0. The molecule has 0 aliphatic carbocycles. The Morgan fingerprint density at radius 1 is 1.07 bits per heavy atom. The molecule has 92 valence electrons. The molecule has 0 aliphatic heterocycles. The van der Waals surface area contributed by atoms with Gasteiger partial charge in [-0.3, -0.25) is 4.21 Å². The third kappa shape index (κ3) is 7.07. The third-order valence-electron chi connectivity index (χ3n) is 2.67. The fourth-order valence-electron chi connectivity index (χ4n) is 1.24. The van der Waals surface area contributed by atoms with Crippen molar-refractivity contribution in [2.24, 2.45) is 11.1 Å². The van der Waals surface area contributed by atoms with Crippen molar-refractivity contribution in [1.29, 1.82) is 0 Å². The fourth-order valence-corrected chi connectivity index (χ4v) is 2.32. The van der Waals surface area contributed by atoms with Crippen molar-refractivity contribution < 1.29 is 4.21 Å². The summed E-state index contributed by atoms with van der Waals surface area (Å²) < 4.78 is 11.7. The number of rotatable bonds is 6. The van der Waals surface area contributed by atoms with E-state index in [9.17, 15) is 4.21 Å². The standard InChI is InChI=1S/C12H27NOS/c1-11(2,3)15(14)9-7-6-8-12(4,5)10-13/h6-10,13H2,1-5H3. The molecular weight excluding hydrogens is 206 g/mol. The predicted molar refractivity (Wildman–Crippen MR) is 69.4 cm³/mol. The smallest absolute Gasteiger partial charge is 0.0375 e. The van der Waals surface area contributed by atoms with Gasteiger partial charge in [-0.05, 0) is 45.6 Å². The molecule has 0 fully saturated rings. The van der Waals surface area contributed by atoms with Gasteiger partial charge in [0.1, 0.15) is 0 Å². The first-order chi connectivity index (χ1) is 6.69. The average Bonchev–Trinajstić information content (AvgIpc) is 2.10. The van der Waals surface area contributed by atoms with Crippen LogP contribution >= 0.6 is 0 Å². The summed E-state index contributed by atoms with van der Waals surface area (Å²) in [5, 5.41) is 0. The lowest BCUT2D eigenvalue weighted by Crippen LogP contribution is -2.25. The van der Waals surface area contributed by atoms with Crippen molar-refractivity contribution in [1.82, 2.24) is 0 Å². The van der Waals surface area contributed by atoms with Gasteiger partial charge in [0.25, 0.3) is 0 Å². The van der Waals surface area contributed by atoms with E-state index in [0.717, 1.165) is 31.6 Å². The zero-order valence-electron chi connectivity index (χ0n) is 10.9. The van der Waals surface area contributed by atoms with Gasteiger partial charge in [0.2, 0.25) is 0 Å². The molecule has 0 aliphatic rings. The lowest BCUT2D eigenvalue weighted by Gasteiger charge is -2.22. The van der Waals surface area contributed by atoms with Gasteiger partial charge in [-0.1, -0.05) is 20.3 Å². The number of hydrogen-bond donors (Lipinski definition) is 1. The van der Waals surface area contributed by atoms with Crippen molar-refractivity contribution in [3.05, 3.63) is 0 Å². The molecule has 0 bridgehead atoms. The Labute approximate surface area is 97.5 Å². The van der Waals surface area contributed by atoms with Crippen molar-refractivity contribution >= 4 is 10.8 Å². The van der Waals surface area contributed by atoms with Crippen LogP contribution in [-0.2, 0) is 10.8 Å². The number of unbranched alkanes of at least 4 members (excludes halogenated alkanes) is 1. The van der Waals surface area contributed by atoms with E-state index in [0.29, 0.717) is 0 Å². The topological polar surface area (TPSA) is 43.1 Å². The molecule has 0 aromatic rings. The maximum absolute atomic E-state index is 11.7. The van der Waals surface area contributed by atoms with Crippen molar-refractivity contribution in [3.8, 4) is 0 Å². The first-order valence-corrected chi connectivity index (χ1v) is 7.09. The SMILES string of the molecule is CC(C)(CN)CCCCS(=O)C(C)(C)C. The molecule has 0 radical (unpaired) electrons. The normalized spacial score (nSPS) is 15.3. The van der Waals surface area contributed by atoms with Crippen LogP contribution < -0.4 is 5.73 Å². The minimum Gasteiger partial charge on any atom is -0.330 e. The minimum absolute atomic E-state index is 0.0661. The minimum atomic E-state index is -0.699. The van der Waals surface area contributed by atoms with E-state index in [2.05, 4.69) is 13.8 Å². The zero-order chi connectivity index (χ0) is 12.1. The highest BCUT2D eigenvalue weighted by molar-refractivity contribution is 7.86. The lowest BCUT2D eigenvalue weighted by molar-refractivity contribution is 0.336. The molecule has 1 unspecified atom stereocenters. The maximum atomic E-state index is 11.7. The number of hydrogen-bond acceptors (Lipinski definition) is 2. The van der Waals surface area contributed by atoms with E-state index in [1.807, 2.05) is 20.8 Å². The van der Waals surface area contributed by atoms with Gasteiger partial charge in [0, 0.05) is 21.3 Å². The molecule has 0 rings (SSSR count). The largest absolute Gasteiger partial charge is 0.330 e. The zero-order valence-corrected chi connectivity index (χ0v) is 11.7. The summed E-state index contributed by atoms with van der Waals surface area (Å²) in [5.41, 5.74) is 5.90. The Hall–Kier alpha value is 0.110. The van der Waals surface area contributed by atoms with Crippen LogP contribution in [0.1, 0.15) is 53.9 Å². The second-order valence-corrected chi connectivity index (χ2v) is 8.31. The Kier molecular flexibility index (Phi) is 6.04. The summed E-state index contributed by atoms with van der Waals surface area (Å²) >= 11 is 0. The molecule has 15 heavy (non-hydrogen) atoms. The molecule has 0 saturated carbocycles. The highest BCUT2D eigenvalue weighted by Crippen LogP contribution is 2.22. The van der Waals surface area contributed by atoms with E-state index in [1.165, 1.54) is 0 Å². The van der Waals surface area contributed by atoms with Gasteiger partial charge < -0.3 is 5.73 Å². The molecule has 0 aromatic carbocycles. The first-order valence-electron chi connectivity index (χ1n) is 5.77. The van der Waals surface area contributed by atoms with Crippen LogP contribution in [0.5, 0.6) is 0 Å². The second kappa shape index (κ2) is 6.00. The van der Waals surface area contributed by atoms with Gasteiger partial charge in [-0.25, -0.2) is 0 Å².